The molecule has 0 saturated carbocycles. The monoisotopic (exact) mass is 265 g/mol. The molecule has 0 radical (unpaired) electrons. The topological polar surface area (TPSA) is 117 Å². The lowest BCUT2D eigenvalue weighted by molar-refractivity contribution is -0.141. The molecule has 102 valence electrons. The van der Waals surface area contributed by atoms with Crippen molar-refractivity contribution >= 4 is 11.9 Å². The molecular weight excluding hydrogens is 250 g/mol. The van der Waals surface area contributed by atoms with Gasteiger partial charge in [0.05, 0.1) is 11.8 Å². The molecule has 0 aliphatic carbocycles. The number of aliphatic carboxylic acids is 1. The first-order valence-corrected chi connectivity index (χ1v) is 5.89. The van der Waals surface area contributed by atoms with Crippen molar-refractivity contribution in [3.8, 4) is 0 Å². The van der Waals surface area contributed by atoms with Crippen LogP contribution in [0, 0.1) is 0 Å². The number of β-amino-alcohol motifs (C(OH)–C–C–N with tert-alkyl or cyclic N) is 1. The second-order valence-electron chi connectivity index (χ2n) is 4.44. The van der Waals surface area contributed by atoms with Crippen LogP contribution in [-0.4, -0.2) is 50.7 Å². The van der Waals surface area contributed by atoms with E-state index in [9.17, 15) is 14.7 Å². The number of aliphatic hydroxyl groups is 1. The summed E-state index contributed by atoms with van der Waals surface area (Å²) in [5.41, 5.74) is 6.33. The van der Waals surface area contributed by atoms with E-state index < -0.39 is 24.0 Å². The maximum Gasteiger partial charge on any atom is 0.326 e. The third-order valence-electron chi connectivity index (χ3n) is 3.10. The zero-order valence-electron chi connectivity index (χ0n) is 10.2. The number of aliphatic hydroxyl groups excluding tert-OH is 1. The Balaban J connectivity index is 2.24. The summed E-state index contributed by atoms with van der Waals surface area (Å²) in [5, 5.41) is 18.6. The minimum atomic E-state index is -1.11. The lowest BCUT2D eigenvalue weighted by Gasteiger charge is -2.21. The molecular formula is C12H15N3O4. The summed E-state index contributed by atoms with van der Waals surface area (Å²) >= 11 is 0. The summed E-state index contributed by atoms with van der Waals surface area (Å²) in [4.78, 5) is 28.5. The Hall–Kier alpha value is -1.99. The smallest absolute Gasteiger partial charge is 0.326 e. The van der Waals surface area contributed by atoms with Crippen LogP contribution in [0.3, 0.4) is 0 Å². The van der Waals surface area contributed by atoms with Crippen molar-refractivity contribution < 1.29 is 19.8 Å². The molecule has 2 atom stereocenters. The fraction of sp³-hybridized carbons (Fsp3) is 0.417. The van der Waals surface area contributed by atoms with Gasteiger partial charge in [0.2, 0.25) is 0 Å². The number of carbonyl (C=O) groups is 2. The van der Waals surface area contributed by atoms with Gasteiger partial charge in [0, 0.05) is 31.3 Å². The maximum atomic E-state index is 12.3. The van der Waals surface area contributed by atoms with Crippen molar-refractivity contribution in [1.29, 1.82) is 0 Å². The van der Waals surface area contributed by atoms with E-state index in [1.165, 1.54) is 23.2 Å². The van der Waals surface area contributed by atoms with Crippen molar-refractivity contribution in [3.63, 3.8) is 0 Å². The van der Waals surface area contributed by atoms with Crippen LogP contribution in [0.4, 0.5) is 0 Å². The van der Waals surface area contributed by atoms with Gasteiger partial charge in [-0.15, -0.1) is 0 Å². The van der Waals surface area contributed by atoms with Gasteiger partial charge in [-0.1, -0.05) is 0 Å². The Labute approximate surface area is 109 Å². The molecule has 0 bridgehead atoms. The fourth-order valence-electron chi connectivity index (χ4n) is 2.16. The van der Waals surface area contributed by atoms with E-state index in [4.69, 9.17) is 10.8 Å². The number of aromatic nitrogens is 1. The molecule has 1 aromatic rings. The zero-order chi connectivity index (χ0) is 14.0. The third kappa shape index (κ3) is 2.72. The van der Waals surface area contributed by atoms with Crippen LogP contribution >= 0.6 is 0 Å². The highest BCUT2D eigenvalue weighted by Gasteiger charge is 2.39. The minimum absolute atomic E-state index is 0.0239. The number of likely N-dealkylation sites (tertiary alicyclic amines) is 1. The van der Waals surface area contributed by atoms with E-state index in [1.54, 1.807) is 0 Å². The summed E-state index contributed by atoms with van der Waals surface area (Å²) in [6, 6.07) is 2.05. The van der Waals surface area contributed by atoms with Gasteiger partial charge in [-0.2, -0.15) is 0 Å². The molecule has 1 aliphatic rings. The van der Waals surface area contributed by atoms with Gasteiger partial charge in [-0.3, -0.25) is 9.78 Å². The Kier molecular flexibility index (Phi) is 3.77. The van der Waals surface area contributed by atoms with E-state index >= 15 is 0 Å². The van der Waals surface area contributed by atoms with Gasteiger partial charge in [-0.25, -0.2) is 4.79 Å². The highest BCUT2D eigenvalue weighted by atomic mass is 16.4. The number of rotatable bonds is 3. The average molecular weight is 265 g/mol. The number of nitrogens with two attached hydrogens (primary N) is 1. The molecule has 19 heavy (non-hydrogen) atoms. The third-order valence-corrected chi connectivity index (χ3v) is 3.10. The summed E-state index contributed by atoms with van der Waals surface area (Å²) in [6.07, 6.45) is 0.703. The molecule has 0 spiro atoms. The van der Waals surface area contributed by atoms with Gasteiger partial charge >= 0.3 is 5.97 Å². The predicted octanol–water partition coefficient (Wildman–Crippen LogP) is -0.800. The molecule has 4 N–H and O–H groups in total. The van der Waals surface area contributed by atoms with E-state index in [-0.39, 0.29) is 19.5 Å². The van der Waals surface area contributed by atoms with Crippen LogP contribution in [0.25, 0.3) is 0 Å². The first kappa shape index (κ1) is 13.4. The molecule has 2 heterocycles. The lowest BCUT2D eigenvalue weighted by Crippen LogP contribution is -2.40. The predicted molar refractivity (Wildman–Crippen MR) is 65.2 cm³/mol. The average Bonchev–Trinajstić information content (AvgIpc) is 2.80. The normalized spacial score (nSPS) is 22.5. The summed E-state index contributed by atoms with van der Waals surface area (Å²) < 4.78 is 0. The van der Waals surface area contributed by atoms with Crippen molar-refractivity contribution in [2.75, 3.05) is 6.54 Å². The molecule has 1 aliphatic heterocycles. The van der Waals surface area contributed by atoms with Crippen LogP contribution < -0.4 is 5.73 Å². The van der Waals surface area contributed by atoms with Crippen LogP contribution in [0.5, 0.6) is 0 Å². The van der Waals surface area contributed by atoms with Crippen molar-refractivity contribution in [3.05, 3.63) is 29.6 Å². The molecule has 1 fully saturated rings. The van der Waals surface area contributed by atoms with Gasteiger partial charge in [0.25, 0.3) is 5.91 Å². The van der Waals surface area contributed by atoms with Gasteiger partial charge in [0.15, 0.2) is 0 Å². The molecule has 1 saturated heterocycles. The van der Waals surface area contributed by atoms with Gasteiger partial charge in [-0.05, 0) is 12.1 Å². The van der Waals surface area contributed by atoms with Crippen LogP contribution in [0.2, 0.25) is 0 Å². The number of hydrogen-bond donors (Lipinski definition) is 3. The highest BCUT2D eigenvalue weighted by Crippen LogP contribution is 2.21. The largest absolute Gasteiger partial charge is 0.480 e. The van der Waals surface area contributed by atoms with Crippen LogP contribution in [0.1, 0.15) is 22.5 Å². The number of amides is 1. The van der Waals surface area contributed by atoms with Crippen LogP contribution in [0.15, 0.2) is 18.3 Å². The number of carbonyl (C=O) groups excluding carboxylic acids is 1. The molecule has 1 unspecified atom stereocenters. The second-order valence-corrected chi connectivity index (χ2v) is 4.44. The number of nitrogens with zero attached hydrogens (tertiary/aromatic N) is 2. The van der Waals surface area contributed by atoms with E-state index in [1.807, 2.05) is 0 Å². The van der Waals surface area contributed by atoms with E-state index in [0.717, 1.165) is 0 Å². The molecule has 7 nitrogen and oxygen atoms in total. The van der Waals surface area contributed by atoms with Crippen LogP contribution in [-0.2, 0) is 11.3 Å². The first-order valence-electron chi connectivity index (χ1n) is 5.89. The standard InChI is InChI=1S/C12H15N3O4/c13-5-8-3-7(1-2-14-8)11(17)15-6-9(16)4-10(15)12(18)19/h1-3,9-10,16H,4-6,13H2,(H,18,19)/t9?,10-/m0/s1. The fourth-order valence-corrected chi connectivity index (χ4v) is 2.16. The Morgan fingerprint density at radius 3 is 2.89 bits per heavy atom. The zero-order valence-corrected chi connectivity index (χ0v) is 10.2. The molecule has 0 aromatic carbocycles. The number of carboxylic acids is 1. The Morgan fingerprint density at radius 2 is 2.26 bits per heavy atom. The Morgan fingerprint density at radius 1 is 1.53 bits per heavy atom. The van der Waals surface area contributed by atoms with Gasteiger partial charge in [0.1, 0.15) is 6.04 Å². The number of pyridine rings is 1. The lowest BCUT2D eigenvalue weighted by atomic mass is 10.1. The van der Waals surface area contributed by atoms with E-state index in [2.05, 4.69) is 4.98 Å². The minimum Gasteiger partial charge on any atom is -0.480 e. The summed E-state index contributed by atoms with van der Waals surface area (Å²) in [5.74, 6) is -1.54. The summed E-state index contributed by atoms with van der Waals surface area (Å²) in [7, 11) is 0. The van der Waals surface area contributed by atoms with Gasteiger partial charge < -0.3 is 20.8 Å². The second kappa shape index (κ2) is 5.33. The Bertz CT molecular complexity index is 506. The first-order chi connectivity index (χ1) is 9.02. The molecule has 1 amide bonds. The summed E-state index contributed by atoms with van der Waals surface area (Å²) in [6.45, 7) is 0.224. The molecule has 2 rings (SSSR count). The van der Waals surface area contributed by atoms with Crippen molar-refractivity contribution in [2.45, 2.75) is 25.1 Å². The van der Waals surface area contributed by atoms with E-state index in [0.29, 0.717) is 11.3 Å². The molecule has 1 aromatic heterocycles. The quantitative estimate of drug-likeness (QED) is 0.658. The maximum absolute atomic E-state index is 12.3. The SMILES string of the molecule is NCc1cc(C(=O)N2CC(O)C[C@H]2C(=O)O)ccn1. The number of carboxylic acid groups (broad SMARTS) is 1. The molecule has 7 heteroatoms. The highest BCUT2D eigenvalue weighted by molar-refractivity contribution is 5.97. The van der Waals surface area contributed by atoms with Crippen molar-refractivity contribution in [1.82, 2.24) is 9.88 Å². The number of hydrogen-bond acceptors (Lipinski definition) is 5. The van der Waals surface area contributed by atoms with Crippen molar-refractivity contribution in [2.24, 2.45) is 5.73 Å².